The van der Waals surface area contributed by atoms with E-state index in [1.54, 1.807) is 12.1 Å². The van der Waals surface area contributed by atoms with Crippen molar-refractivity contribution in [3.63, 3.8) is 0 Å². The van der Waals surface area contributed by atoms with Gasteiger partial charge in [-0.1, -0.05) is 47.1 Å². The van der Waals surface area contributed by atoms with Crippen LogP contribution < -0.4 is 5.32 Å². The summed E-state index contributed by atoms with van der Waals surface area (Å²) in [5, 5.41) is 12.8. The summed E-state index contributed by atoms with van der Waals surface area (Å²) in [7, 11) is 0. The number of nitrogens with zero attached hydrogens (tertiary/aromatic N) is 3. The summed E-state index contributed by atoms with van der Waals surface area (Å²) in [6.07, 6.45) is 1.87. The molecule has 1 atom stereocenters. The van der Waals surface area contributed by atoms with E-state index in [-0.39, 0.29) is 17.7 Å². The third-order valence-corrected chi connectivity index (χ3v) is 4.93. The number of benzene rings is 1. The molecule has 1 unspecified atom stereocenters. The number of amides is 1. The number of halogens is 2. The highest BCUT2D eigenvalue weighted by Gasteiger charge is 2.14. The van der Waals surface area contributed by atoms with Crippen LogP contribution in [-0.2, 0) is 4.79 Å². The molecule has 0 saturated carbocycles. The summed E-state index contributed by atoms with van der Waals surface area (Å²) in [5.41, 5.74) is 1.58. The minimum atomic E-state index is -0.210. The lowest BCUT2D eigenvalue weighted by atomic mass is 10.1. The molecule has 1 aromatic carbocycles. The lowest BCUT2D eigenvalue weighted by Crippen LogP contribution is -2.28. The summed E-state index contributed by atoms with van der Waals surface area (Å²) >= 11 is 13.4. The van der Waals surface area contributed by atoms with Crippen molar-refractivity contribution < 1.29 is 4.79 Å². The van der Waals surface area contributed by atoms with Crippen LogP contribution in [0.1, 0.15) is 18.5 Å². The molecule has 3 aromatic rings. The molecule has 0 bridgehead atoms. The van der Waals surface area contributed by atoms with Crippen molar-refractivity contribution in [1.29, 1.82) is 0 Å². The molecule has 8 heteroatoms. The SMILES string of the molecule is CC(NC(=O)CSc1nnc2ccccn12)c1ccc(Cl)cc1Cl. The van der Waals surface area contributed by atoms with Gasteiger partial charge in [-0.2, -0.15) is 0 Å². The molecule has 24 heavy (non-hydrogen) atoms. The van der Waals surface area contributed by atoms with Crippen molar-refractivity contribution in [2.75, 3.05) is 5.75 Å². The second-order valence-electron chi connectivity index (χ2n) is 5.16. The molecule has 0 aliphatic rings. The zero-order chi connectivity index (χ0) is 17.1. The molecule has 0 spiro atoms. The second-order valence-corrected chi connectivity index (χ2v) is 6.94. The number of hydrogen-bond donors (Lipinski definition) is 1. The number of hydrogen-bond acceptors (Lipinski definition) is 4. The van der Waals surface area contributed by atoms with Crippen molar-refractivity contribution >= 4 is 46.5 Å². The molecule has 2 heterocycles. The van der Waals surface area contributed by atoms with Crippen LogP contribution in [0.2, 0.25) is 10.0 Å². The minimum absolute atomic E-state index is 0.105. The Hall–Kier alpha value is -1.76. The number of pyridine rings is 1. The van der Waals surface area contributed by atoms with Gasteiger partial charge in [-0.3, -0.25) is 9.20 Å². The van der Waals surface area contributed by atoms with E-state index in [2.05, 4.69) is 15.5 Å². The van der Waals surface area contributed by atoms with Crippen LogP contribution >= 0.6 is 35.0 Å². The van der Waals surface area contributed by atoms with Gasteiger partial charge < -0.3 is 5.32 Å². The molecule has 5 nitrogen and oxygen atoms in total. The fourth-order valence-electron chi connectivity index (χ4n) is 2.26. The third-order valence-electron chi connectivity index (χ3n) is 3.42. The first-order chi connectivity index (χ1) is 11.5. The number of nitrogens with one attached hydrogen (secondary N) is 1. The number of rotatable bonds is 5. The Morgan fingerprint density at radius 1 is 1.29 bits per heavy atom. The molecular weight excluding hydrogens is 367 g/mol. The Labute approximate surface area is 153 Å². The van der Waals surface area contributed by atoms with E-state index in [4.69, 9.17) is 23.2 Å². The number of carbonyl (C=O) groups excluding carboxylic acids is 1. The zero-order valence-corrected chi connectivity index (χ0v) is 15.1. The molecule has 1 N–H and O–H groups in total. The van der Waals surface area contributed by atoms with Gasteiger partial charge in [0.05, 0.1) is 11.8 Å². The predicted octanol–water partition coefficient (Wildman–Crippen LogP) is 4.01. The summed E-state index contributed by atoms with van der Waals surface area (Å²) in [6.45, 7) is 1.88. The van der Waals surface area contributed by atoms with Gasteiger partial charge in [-0.15, -0.1) is 10.2 Å². The van der Waals surface area contributed by atoms with Gasteiger partial charge in [0.1, 0.15) is 0 Å². The molecule has 0 radical (unpaired) electrons. The standard InChI is InChI=1S/C16H14Cl2N4OS/c1-10(12-6-5-11(17)8-13(12)18)19-15(23)9-24-16-21-20-14-4-2-3-7-22(14)16/h2-8,10H,9H2,1H3,(H,19,23). The second kappa shape index (κ2) is 7.42. The van der Waals surface area contributed by atoms with Crippen LogP contribution in [0.5, 0.6) is 0 Å². The van der Waals surface area contributed by atoms with Gasteiger partial charge in [0.2, 0.25) is 5.91 Å². The first-order valence-corrected chi connectivity index (χ1v) is 8.95. The van der Waals surface area contributed by atoms with E-state index >= 15 is 0 Å². The van der Waals surface area contributed by atoms with Crippen LogP contribution in [0.15, 0.2) is 47.8 Å². The highest BCUT2D eigenvalue weighted by Crippen LogP contribution is 2.26. The summed E-state index contributed by atoms with van der Waals surface area (Å²) < 4.78 is 1.84. The average molecular weight is 381 g/mol. The van der Waals surface area contributed by atoms with Gasteiger partial charge in [0.15, 0.2) is 10.8 Å². The number of aromatic nitrogens is 3. The largest absolute Gasteiger partial charge is 0.349 e. The van der Waals surface area contributed by atoms with Crippen LogP contribution in [0.4, 0.5) is 0 Å². The minimum Gasteiger partial charge on any atom is -0.349 e. The van der Waals surface area contributed by atoms with Gasteiger partial charge in [-0.25, -0.2) is 0 Å². The summed E-state index contributed by atoms with van der Waals surface area (Å²) in [4.78, 5) is 12.2. The first kappa shape index (κ1) is 17.1. The Morgan fingerprint density at radius 2 is 2.12 bits per heavy atom. The Kier molecular flexibility index (Phi) is 5.28. The smallest absolute Gasteiger partial charge is 0.230 e. The highest BCUT2D eigenvalue weighted by molar-refractivity contribution is 7.99. The van der Waals surface area contributed by atoms with Crippen molar-refractivity contribution in [3.05, 3.63) is 58.2 Å². The molecule has 0 aliphatic carbocycles. The maximum absolute atomic E-state index is 12.2. The lowest BCUT2D eigenvalue weighted by molar-refractivity contribution is -0.119. The molecule has 124 valence electrons. The molecule has 2 aromatic heterocycles. The highest BCUT2D eigenvalue weighted by atomic mass is 35.5. The first-order valence-electron chi connectivity index (χ1n) is 7.21. The van der Waals surface area contributed by atoms with Crippen LogP contribution in [0.25, 0.3) is 5.65 Å². The predicted molar refractivity (Wildman–Crippen MR) is 96.7 cm³/mol. The van der Waals surface area contributed by atoms with Crippen molar-refractivity contribution in [2.24, 2.45) is 0 Å². The van der Waals surface area contributed by atoms with E-state index in [1.807, 2.05) is 41.8 Å². The van der Waals surface area contributed by atoms with Crippen LogP contribution in [0, 0.1) is 0 Å². The Morgan fingerprint density at radius 3 is 2.92 bits per heavy atom. The zero-order valence-electron chi connectivity index (χ0n) is 12.7. The van der Waals surface area contributed by atoms with Crippen LogP contribution in [-0.4, -0.2) is 26.3 Å². The van der Waals surface area contributed by atoms with E-state index in [9.17, 15) is 4.79 Å². The lowest BCUT2D eigenvalue weighted by Gasteiger charge is -2.15. The van der Waals surface area contributed by atoms with Gasteiger partial charge in [-0.05, 0) is 36.8 Å². The number of thioether (sulfide) groups is 1. The van der Waals surface area contributed by atoms with Gasteiger partial charge in [0, 0.05) is 16.2 Å². The molecule has 1 amide bonds. The van der Waals surface area contributed by atoms with Gasteiger partial charge in [0.25, 0.3) is 0 Å². The fraction of sp³-hybridized carbons (Fsp3) is 0.188. The molecule has 3 rings (SSSR count). The maximum Gasteiger partial charge on any atom is 0.230 e. The molecule has 0 saturated heterocycles. The van der Waals surface area contributed by atoms with Crippen molar-refractivity contribution in [1.82, 2.24) is 19.9 Å². The molecule has 0 fully saturated rings. The Balaban J connectivity index is 1.61. The van der Waals surface area contributed by atoms with Crippen LogP contribution in [0.3, 0.4) is 0 Å². The molecular formula is C16H14Cl2N4OS. The quantitative estimate of drug-likeness (QED) is 0.679. The summed E-state index contributed by atoms with van der Waals surface area (Å²) in [5.74, 6) is 0.136. The monoisotopic (exact) mass is 380 g/mol. The number of fused-ring (bicyclic) bond motifs is 1. The molecule has 0 aliphatic heterocycles. The van der Waals surface area contributed by atoms with E-state index in [0.29, 0.717) is 15.2 Å². The van der Waals surface area contributed by atoms with Crippen molar-refractivity contribution in [2.45, 2.75) is 18.1 Å². The normalized spacial score (nSPS) is 12.3. The van der Waals surface area contributed by atoms with E-state index in [0.717, 1.165) is 11.2 Å². The third kappa shape index (κ3) is 3.83. The fourth-order valence-corrected chi connectivity index (χ4v) is 3.57. The van der Waals surface area contributed by atoms with E-state index in [1.165, 1.54) is 11.8 Å². The van der Waals surface area contributed by atoms with E-state index < -0.39 is 0 Å². The topological polar surface area (TPSA) is 59.3 Å². The maximum atomic E-state index is 12.2. The number of carbonyl (C=O) groups is 1. The van der Waals surface area contributed by atoms with Crippen molar-refractivity contribution in [3.8, 4) is 0 Å². The Bertz CT molecular complexity index is 883. The summed E-state index contributed by atoms with van der Waals surface area (Å²) in [6, 6.07) is 10.7. The average Bonchev–Trinajstić information content (AvgIpc) is 2.96. The van der Waals surface area contributed by atoms with Gasteiger partial charge >= 0.3 is 0 Å².